The van der Waals surface area contributed by atoms with Crippen LogP contribution in [0.5, 0.6) is 0 Å². The lowest BCUT2D eigenvalue weighted by molar-refractivity contribution is 0.820. The Bertz CT molecular complexity index is 205. The van der Waals surface area contributed by atoms with Gasteiger partial charge in [-0.3, -0.25) is 0 Å². The van der Waals surface area contributed by atoms with Gasteiger partial charge in [0, 0.05) is 32.6 Å². The lowest BCUT2D eigenvalue weighted by Crippen LogP contribution is -2.68. The summed E-state index contributed by atoms with van der Waals surface area (Å²) < 4.78 is 0. The van der Waals surface area contributed by atoms with Crippen LogP contribution in [0.4, 0.5) is 0 Å². The third-order valence-corrected chi connectivity index (χ3v) is 5.01. The fraction of sp³-hybridized carbons (Fsp3) is 1.00. The Morgan fingerprint density at radius 1 is 1.19 bits per heavy atom. The summed E-state index contributed by atoms with van der Waals surface area (Å²) in [4.78, 5) is 0. The highest BCUT2D eigenvalue weighted by Gasteiger charge is 2.42. The summed E-state index contributed by atoms with van der Waals surface area (Å²) in [7, 11) is 13.5. The molecule has 0 spiro atoms. The summed E-state index contributed by atoms with van der Waals surface area (Å²) in [6.45, 7) is 3.49. The Balaban J connectivity index is 2.80. The van der Waals surface area contributed by atoms with Crippen molar-refractivity contribution in [3.8, 4) is 0 Å². The second-order valence-electron chi connectivity index (χ2n) is 6.71. The first-order valence-corrected chi connectivity index (χ1v) is 7.49. The monoisotopic (exact) mass is 202 g/mol. The quantitative estimate of drug-likeness (QED) is 0.390. The van der Waals surface area contributed by atoms with Gasteiger partial charge < -0.3 is 0 Å². The second-order valence-corrected chi connectivity index (χ2v) is 6.71. The number of hydrogen-bond donors (Lipinski definition) is 0. The van der Waals surface area contributed by atoms with Crippen molar-refractivity contribution >= 4 is 77.9 Å². The van der Waals surface area contributed by atoms with Crippen LogP contribution >= 0.6 is 0 Å². The molecule has 0 aromatic rings. The Morgan fingerprint density at radius 3 is 2.12 bits per heavy atom. The molecule has 1 fully saturated rings. The fourth-order valence-electron chi connectivity index (χ4n) is 4.24. The zero-order chi connectivity index (χ0) is 12.3. The van der Waals surface area contributed by atoms with E-state index in [1.165, 1.54) is 26.2 Å². The minimum atomic E-state index is 0.852. The van der Waals surface area contributed by atoms with Crippen molar-refractivity contribution in [2.75, 3.05) is 0 Å². The molecule has 0 aromatic heterocycles. The van der Waals surface area contributed by atoms with Crippen LogP contribution in [0.2, 0.25) is 12.1 Å². The summed E-state index contributed by atoms with van der Waals surface area (Å²) in [5, 5.41) is 0. The van der Waals surface area contributed by atoms with Crippen molar-refractivity contribution in [3.05, 3.63) is 0 Å². The Kier molecular flexibility index (Phi) is 6.09. The lowest BCUT2D eigenvalue weighted by Gasteiger charge is -2.32. The molecule has 11 heteroatoms. The second kappa shape index (κ2) is 6.59. The van der Waals surface area contributed by atoms with Gasteiger partial charge in [0.25, 0.3) is 0 Å². The summed E-state index contributed by atoms with van der Waals surface area (Å²) in [5.74, 6) is 0.972. The van der Waals surface area contributed by atoms with Gasteiger partial charge in [-0.15, -0.1) is 0 Å². The van der Waals surface area contributed by atoms with Crippen LogP contribution in [-0.2, 0) is 0 Å². The molecule has 1 aliphatic heterocycles. The van der Waals surface area contributed by atoms with Crippen LogP contribution in [0.1, 0.15) is 19.8 Å². The van der Waals surface area contributed by atoms with Crippen molar-refractivity contribution in [1.29, 1.82) is 0 Å². The van der Waals surface area contributed by atoms with Gasteiger partial charge in [-0.2, -0.15) is 0 Å². The molecule has 0 unspecified atom stereocenters. The summed E-state index contributed by atoms with van der Waals surface area (Å²) in [6, 6.07) is 0. The minimum Gasteiger partial charge on any atom is -0.0815 e. The van der Waals surface area contributed by atoms with E-state index in [1.54, 1.807) is 0 Å². The number of hydrogen-bond acceptors (Lipinski definition) is 0. The Labute approximate surface area is 110 Å². The molecule has 0 N–H and O–H groups in total. The van der Waals surface area contributed by atoms with Gasteiger partial charge in [0.05, 0.1) is 45.3 Å². The maximum atomic E-state index is 2.49. The van der Waals surface area contributed by atoms with Crippen molar-refractivity contribution < 1.29 is 0 Å². The topological polar surface area (TPSA) is 0 Å². The average molecular weight is 200 g/mol. The first-order chi connectivity index (χ1) is 7.49. The van der Waals surface area contributed by atoms with Crippen LogP contribution in [0.15, 0.2) is 0 Å². The van der Waals surface area contributed by atoms with Gasteiger partial charge in [-0.05, 0) is 0 Å². The number of rotatable bonds is 5. The van der Waals surface area contributed by atoms with Gasteiger partial charge in [0.2, 0.25) is 0 Å². The Hall–Kier alpha value is 0.714. The van der Waals surface area contributed by atoms with E-state index in [1.807, 2.05) is 0 Å². The van der Waals surface area contributed by atoms with E-state index in [-0.39, 0.29) is 0 Å². The van der Waals surface area contributed by atoms with Gasteiger partial charge >= 0.3 is 0 Å². The third-order valence-electron chi connectivity index (χ3n) is 5.01. The zero-order valence-electron chi connectivity index (χ0n) is 12.3. The fourth-order valence-corrected chi connectivity index (χ4v) is 4.24. The van der Waals surface area contributed by atoms with E-state index >= 15 is 0 Å². The molecule has 1 atom stereocenters. The molecule has 0 aromatic carbocycles. The highest BCUT2D eigenvalue weighted by atomic mass is 14.0. The molecule has 16 heavy (non-hydrogen) atoms. The first kappa shape index (κ1) is 14.8. The maximum absolute atomic E-state index is 2.49. The van der Waals surface area contributed by atoms with Crippen molar-refractivity contribution in [2.45, 2.75) is 31.9 Å². The third kappa shape index (κ3) is 3.36. The van der Waals surface area contributed by atoms with Crippen molar-refractivity contribution in [3.63, 3.8) is 0 Å². The predicted molar refractivity (Wildman–Crippen MR) is 102 cm³/mol. The SMILES string of the molecule is BBB(B(B)B)B(B(B)B)B1CCC[C@@H]1C. The molecular weight excluding hydrogens is 179 g/mol. The van der Waals surface area contributed by atoms with E-state index in [0.717, 1.165) is 38.0 Å². The predicted octanol–water partition coefficient (Wildman–Crippen LogP) is -5.04. The molecule has 1 saturated heterocycles. The van der Waals surface area contributed by atoms with Gasteiger partial charge in [-0.25, -0.2) is 0 Å². The van der Waals surface area contributed by atoms with Gasteiger partial charge in [-0.1, -0.05) is 31.9 Å². The zero-order valence-corrected chi connectivity index (χ0v) is 12.3. The van der Waals surface area contributed by atoms with E-state index < -0.39 is 0 Å². The van der Waals surface area contributed by atoms with Crippen molar-refractivity contribution in [1.82, 2.24) is 0 Å². The maximum Gasteiger partial charge on any atom is 0.0939 e. The van der Waals surface area contributed by atoms with Crippen LogP contribution in [0.25, 0.3) is 0 Å². The smallest absolute Gasteiger partial charge is 0.0815 e. The summed E-state index contributed by atoms with van der Waals surface area (Å²) in [5.41, 5.74) is 0. The standard InChI is InChI=1S/C5H21B11/c1-5-3-2-4-12(5)16(14(9)10)15(11-6)13(7)8/h5,11H,2-4,6-10H2,1H3/t5-/m0/s1. The molecule has 1 heterocycles. The summed E-state index contributed by atoms with van der Waals surface area (Å²) >= 11 is 0. The van der Waals surface area contributed by atoms with Crippen LogP contribution < -0.4 is 0 Å². The van der Waals surface area contributed by atoms with Crippen LogP contribution in [0.3, 0.4) is 0 Å². The van der Waals surface area contributed by atoms with Crippen molar-refractivity contribution in [2.24, 2.45) is 0 Å². The van der Waals surface area contributed by atoms with E-state index in [9.17, 15) is 0 Å². The minimum absolute atomic E-state index is 0.852. The molecule has 0 bridgehead atoms. The van der Waals surface area contributed by atoms with Crippen LogP contribution in [0, 0.1) is 0 Å². The molecule has 0 saturated carbocycles. The van der Waals surface area contributed by atoms with E-state index in [4.69, 9.17) is 0 Å². The Morgan fingerprint density at radius 2 is 1.81 bits per heavy atom. The van der Waals surface area contributed by atoms with E-state index in [2.05, 4.69) is 45.6 Å². The largest absolute Gasteiger partial charge is 0.0939 e. The molecule has 0 radical (unpaired) electrons. The molecule has 1 rings (SSSR count). The molecule has 0 aliphatic carbocycles. The molecule has 74 valence electrons. The normalized spacial score (nSPS) is 19.3. The average Bonchev–Trinajstić information content (AvgIpc) is 2.59. The molecular formula is C5H21B11. The van der Waals surface area contributed by atoms with Crippen LogP contribution in [-0.4, -0.2) is 77.9 Å². The van der Waals surface area contributed by atoms with E-state index in [0.29, 0.717) is 0 Å². The molecule has 1 aliphatic rings. The first-order valence-electron chi connectivity index (χ1n) is 7.49. The highest BCUT2D eigenvalue weighted by Crippen LogP contribution is 2.31. The highest BCUT2D eigenvalue weighted by molar-refractivity contribution is 8.03. The molecule has 0 amide bonds. The lowest BCUT2D eigenvalue weighted by atomic mass is 8.53. The van der Waals surface area contributed by atoms with Gasteiger partial charge in [0.1, 0.15) is 0 Å². The molecule has 0 nitrogen and oxygen atoms in total. The summed E-state index contributed by atoms with van der Waals surface area (Å²) in [6.07, 6.45) is 8.05. The van der Waals surface area contributed by atoms with Gasteiger partial charge in [0.15, 0.2) is 0 Å².